The maximum atomic E-state index is 11.8. The Kier molecular flexibility index (Phi) is 3.25. The maximum absolute atomic E-state index is 11.8. The van der Waals surface area contributed by atoms with E-state index in [0.29, 0.717) is 13.0 Å². The van der Waals surface area contributed by atoms with Crippen LogP contribution in [-0.2, 0) is 14.3 Å². The van der Waals surface area contributed by atoms with Crippen LogP contribution < -0.4 is 0 Å². The van der Waals surface area contributed by atoms with Crippen molar-refractivity contribution in [3.63, 3.8) is 0 Å². The molecule has 0 aromatic heterocycles. The molecular weight excluding hydrogens is 204 g/mol. The third-order valence-corrected chi connectivity index (χ3v) is 2.62. The first-order valence-corrected chi connectivity index (χ1v) is 5.27. The van der Waals surface area contributed by atoms with Crippen LogP contribution >= 0.6 is 0 Å². The molecule has 3 heteroatoms. The molecule has 0 saturated carbocycles. The lowest BCUT2D eigenvalue weighted by atomic mass is 9.98. The highest BCUT2D eigenvalue weighted by Crippen LogP contribution is 2.24. The van der Waals surface area contributed by atoms with Crippen molar-refractivity contribution in [3.8, 4) is 0 Å². The van der Waals surface area contributed by atoms with E-state index in [1.54, 1.807) is 7.11 Å². The number of carbonyl (C=O) groups is 1. The summed E-state index contributed by atoms with van der Waals surface area (Å²) in [6.45, 7) is 0.391. The fourth-order valence-corrected chi connectivity index (χ4v) is 1.74. The number of rotatable bonds is 2. The predicted octanol–water partition coefficient (Wildman–Crippen LogP) is 2.25. The van der Waals surface area contributed by atoms with E-state index >= 15 is 0 Å². The summed E-state index contributed by atoms with van der Waals surface area (Å²) in [6.07, 6.45) is 2.48. The molecule has 0 aliphatic carbocycles. The van der Waals surface area contributed by atoms with E-state index in [0.717, 1.165) is 11.3 Å². The first kappa shape index (κ1) is 10.7. The van der Waals surface area contributed by atoms with Gasteiger partial charge in [0.2, 0.25) is 0 Å². The normalized spacial score (nSPS) is 20.7. The van der Waals surface area contributed by atoms with Crippen molar-refractivity contribution in [1.82, 2.24) is 0 Å². The Balaban J connectivity index is 2.32. The molecule has 0 fully saturated rings. The second-order valence-electron chi connectivity index (χ2n) is 3.64. The molecule has 16 heavy (non-hydrogen) atoms. The Morgan fingerprint density at radius 3 is 2.75 bits per heavy atom. The van der Waals surface area contributed by atoms with Crippen molar-refractivity contribution in [1.29, 1.82) is 0 Å². The Bertz CT molecular complexity index is 395. The maximum Gasteiger partial charge on any atom is 0.317 e. The molecule has 1 atom stereocenters. The third-order valence-electron chi connectivity index (χ3n) is 2.62. The first-order chi connectivity index (χ1) is 7.81. The lowest BCUT2D eigenvalue weighted by Gasteiger charge is -2.09. The summed E-state index contributed by atoms with van der Waals surface area (Å²) >= 11 is 0. The minimum atomic E-state index is -0.348. The fraction of sp³-hybridized carbons (Fsp3) is 0.308. The number of methoxy groups -OCH3 is 1. The number of hydrogen-bond acceptors (Lipinski definition) is 3. The quantitative estimate of drug-likeness (QED) is 0.714. The number of ether oxygens (including phenoxy) is 2. The van der Waals surface area contributed by atoms with Gasteiger partial charge in [0.1, 0.15) is 5.92 Å². The molecule has 0 N–H and O–H groups in total. The largest absolute Gasteiger partial charge is 0.501 e. The second kappa shape index (κ2) is 4.84. The summed E-state index contributed by atoms with van der Waals surface area (Å²) in [7, 11) is 1.61. The van der Waals surface area contributed by atoms with Gasteiger partial charge in [-0.3, -0.25) is 4.79 Å². The molecule has 0 saturated heterocycles. The summed E-state index contributed by atoms with van der Waals surface area (Å²) in [5.41, 5.74) is 0.934. The lowest BCUT2D eigenvalue weighted by molar-refractivity contribution is -0.143. The van der Waals surface area contributed by atoms with E-state index in [4.69, 9.17) is 9.47 Å². The van der Waals surface area contributed by atoms with Crippen LogP contribution in [0.3, 0.4) is 0 Å². The van der Waals surface area contributed by atoms with E-state index in [1.807, 2.05) is 36.4 Å². The number of cyclic esters (lactones) is 1. The van der Waals surface area contributed by atoms with Crippen molar-refractivity contribution in [2.24, 2.45) is 0 Å². The minimum absolute atomic E-state index is 0.210. The van der Waals surface area contributed by atoms with Gasteiger partial charge < -0.3 is 9.47 Å². The molecule has 1 heterocycles. The van der Waals surface area contributed by atoms with Crippen LogP contribution in [0, 0.1) is 0 Å². The van der Waals surface area contributed by atoms with Crippen LogP contribution in [-0.4, -0.2) is 19.7 Å². The van der Waals surface area contributed by atoms with E-state index in [2.05, 4.69) is 0 Å². The standard InChI is InChI=1S/C13H14O3/c1-15-11-7-8-16-13(14)12(9-11)10-5-3-2-4-6-10/h2-6,9,12H,7-8H2,1H3. The Labute approximate surface area is 94.7 Å². The SMILES string of the molecule is COC1=CC(c2ccccc2)C(=O)OCC1. The van der Waals surface area contributed by atoms with Crippen LogP contribution in [0.15, 0.2) is 42.2 Å². The molecule has 3 nitrogen and oxygen atoms in total. The summed E-state index contributed by atoms with van der Waals surface area (Å²) in [4.78, 5) is 11.8. The third kappa shape index (κ3) is 2.24. The first-order valence-electron chi connectivity index (χ1n) is 5.27. The van der Waals surface area contributed by atoms with E-state index in [-0.39, 0.29) is 11.9 Å². The minimum Gasteiger partial charge on any atom is -0.501 e. The van der Waals surface area contributed by atoms with Gasteiger partial charge in [-0.2, -0.15) is 0 Å². The lowest BCUT2D eigenvalue weighted by Crippen LogP contribution is -2.12. The summed E-state index contributed by atoms with van der Waals surface area (Å²) in [5, 5.41) is 0. The van der Waals surface area contributed by atoms with Gasteiger partial charge in [-0.05, 0) is 11.6 Å². The van der Waals surface area contributed by atoms with Crippen molar-refractivity contribution >= 4 is 5.97 Å². The monoisotopic (exact) mass is 218 g/mol. The van der Waals surface area contributed by atoms with Gasteiger partial charge in [-0.1, -0.05) is 30.3 Å². The van der Waals surface area contributed by atoms with Crippen molar-refractivity contribution in [3.05, 3.63) is 47.7 Å². The number of benzene rings is 1. The molecule has 1 aromatic rings. The zero-order chi connectivity index (χ0) is 11.4. The van der Waals surface area contributed by atoms with Gasteiger partial charge in [0.25, 0.3) is 0 Å². The van der Waals surface area contributed by atoms with Gasteiger partial charge in [-0.25, -0.2) is 0 Å². The number of esters is 1. The van der Waals surface area contributed by atoms with Gasteiger partial charge in [0.15, 0.2) is 0 Å². The molecule has 0 radical (unpaired) electrons. The van der Waals surface area contributed by atoms with Gasteiger partial charge in [-0.15, -0.1) is 0 Å². The summed E-state index contributed by atoms with van der Waals surface area (Å²) < 4.78 is 10.3. The van der Waals surface area contributed by atoms with Crippen LogP contribution in [0.25, 0.3) is 0 Å². The molecule has 0 bridgehead atoms. The molecule has 1 aliphatic rings. The Hall–Kier alpha value is -1.77. The van der Waals surface area contributed by atoms with Crippen LogP contribution in [0.4, 0.5) is 0 Å². The zero-order valence-electron chi connectivity index (χ0n) is 9.18. The zero-order valence-corrected chi connectivity index (χ0v) is 9.18. The van der Waals surface area contributed by atoms with Crippen LogP contribution in [0.1, 0.15) is 17.9 Å². The molecule has 84 valence electrons. The van der Waals surface area contributed by atoms with Crippen LogP contribution in [0.5, 0.6) is 0 Å². The van der Waals surface area contributed by atoms with Gasteiger partial charge in [0.05, 0.1) is 19.5 Å². The van der Waals surface area contributed by atoms with Crippen molar-refractivity contribution in [2.45, 2.75) is 12.3 Å². The molecule has 1 aromatic carbocycles. The smallest absolute Gasteiger partial charge is 0.317 e. The molecule has 0 amide bonds. The number of hydrogen-bond donors (Lipinski definition) is 0. The van der Waals surface area contributed by atoms with Gasteiger partial charge >= 0.3 is 5.97 Å². The van der Waals surface area contributed by atoms with Gasteiger partial charge in [0, 0.05) is 6.42 Å². The molecule has 0 spiro atoms. The summed E-state index contributed by atoms with van der Waals surface area (Å²) in [5.74, 6) is 0.247. The summed E-state index contributed by atoms with van der Waals surface area (Å²) in [6, 6.07) is 9.58. The molecule has 1 unspecified atom stereocenters. The van der Waals surface area contributed by atoms with Crippen molar-refractivity contribution in [2.75, 3.05) is 13.7 Å². The topological polar surface area (TPSA) is 35.5 Å². The fourth-order valence-electron chi connectivity index (χ4n) is 1.74. The predicted molar refractivity (Wildman–Crippen MR) is 59.9 cm³/mol. The van der Waals surface area contributed by atoms with Crippen molar-refractivity contribution < 1.29 is 14.3 Å². The van der Waals surface area contributed by atoms with E-state index < -0.39 is 0 Å². The average molecular weight is 218 g/mol. The van der Waals surface area contributed by atoms with E-state index in [9.17, 15) is 4.79 Å². The number of carbonyl (C=O) groups excluding carboxylic acids is 1. The highest BCUT2D eigenvalue weighted by Gasteiger charge is 2.23. The van der Waals surface area contributed by atoms with E-state index in [1.165, 1.54) is 0 Å². The Morgan fingerprint density at radius 1 is 1.31 bits per heavy atom. The average Bonchev–Trinajstić information content (AvgIpc) is 2.52. The highest BCUT2D eigenvalue weighted by molar-refractivity contribution is 5.80. The molecule has 1 aliphatic heterocycles. The Morgan fingerprint density at radius 2 is 2.06 bits per heavy atom. The second-order valence-corrected chi connectivity index (χ2v) is 3.64. The molecular formula is C13H14O3. The van der Waals surface area contributed by atoms with Crippen LogP contribution in [0.2, 0.25) is 0 Å². The highest BCUT2D eigenvalue weighted by atomic mass is 16.5. The molecule has 2 rings (SSSR count).